The average molecular weight is 639 g/mol. The summed E-state index contributed by atoms with van der Waals surface area (Å²) in [4.78, 5) is 30.7. The van der Waals surface area contributed by atoms with Crippen molar-refractivity contribution >= 4 is 33.6 Å². The number of rotatable bonds is 10. The number of ether oxygens (including phenoxy) is 2. The first kappa shape index (κ1) is 31.5. The standard InChI is InChI=1S/C32H35ClN4O6S/c1-3-37-28(22-35-17-19-36(20-18-35)44(40,41)27-15-13-24(33)14-16-27)29(31(38)42-4-2)30(34-32(37)39)23-9-8-12-26(21-23)43-25-10-6-5-7-11-25/h5-16,21,30H,3-4,17-20,22H2,1-2H3,(H,34,39). The lowest BCUT2D eigenvalue weighted by atomic mass is 9.94. The molecule has 1 N–H and O–H groups in total. The fourth-order valence-electron chi connectivity index (χ4n) is 5.39. The minimum Gasteiger partial charge on any atom is -0.463 e. The van der Waals surface area contributed by atoms with Gasteiger partial charge in [-0.2, -0.15) is 4.31 Å². The summed E-state index contributed by atoms with van der Waals surface area (Å²) >= 11 is 5.95. The Bertz CT molecular complexity index is 1620. The van der Waals surface area contributed by atoms with Crippen molar-refractivity contribution in [3.05, 3.63) is 101 Å². The van der Waals surface area contributed by atoms with E-state index in [4.69, 9.17) is 21.1 Å². The molecule has 232 valence electrons. The van der Waals surface area contributed by atoms with E-state index in [-0.39, 0.29) is 37.2 Å². The minimum atomic E-state index is -3.69. The Balaban J connectivity index is 1.42. The summed E-state index contributed by atoms with van der Waals surface area (Å²) in [6.07, 6.45) is 0. The number of nitrogens with one attached hydrogen (secondary N) is 1. The molecule has 1 atom stereocenters. The van der Waals surface area contributed by atoms with E-state index in [1.165, 1.54) is 16.4 Å². The number of carbonyl (C=O) groups excluding carboxylic acids is 2. The Kier molecular flexibility index (Phi) is 9.90. The van der Waals surface area contributed by atoms with E-state index >= 15 is 0 Å². The number of sulfonamides is 1. The second kappa shape index (κ2) is 13.8. The van der Waals surface area contributed by atoms with E-state index in [1.54, 1.807) is 30.0 Å². The lowest BCUT2D eigenvalue weighted by Crippen LogP contribution is -2.53. The molecule has 12 heteroatoms. The number of halogens is 1. The van der Waals surface area contributed by atoms with Crippen LogP contribution in [0.15, 0.2) is 95.0 Å². The Morgan fingerprint density at radius 1 is 0.932 bits per heavy atom. The largest absolute Gasteiger partial charge is 0.463 e. The molecule has 1 unspecified atom stereocenters. The van der Waals surface area contributed by atoms with Gasteiger partial charge in [0.2, 0.25) is 10.0 Å². The molecule has 3 aromatic rings. The van der Waals surface area contributed by atoms with Gasteiger partial charge in [-0.05, 0) is 67.9 Å². The summed E-state index contributed by atoms with van der Waals surface area (Å²) in [6.45, 7) is 5.68. The van der Waals surface area contributed by atoms with Gasteiger partial charge >= 0.3 is 12.0 Å². The van der Waals surface area contributed by atoms with Crippen molar-refractivity contribution in [3.8, 4) is 11.5 Å². The molecular formula is C32H35ClN4O6S. The quantitative estimate of drug-likeness (QED) is 0.310. The maximum atomic E-state index is 13.5. The van der Waals surface area contributed by atoms with Gasteiger partial charge in [0.15, 0.2) is 0 Å². The van der Waals surface area contributed by atoms with Gasteiger partial charge in [-0.15, -0.1) is 0 Å². The van der Waals surface area contributed by atoms with Gasteiger partial charge in [0, 0.05) is 50.0 Å². The highest BCUT2D eigenvalue weighted by Crippen LogP contribution is 2.34. The number of urea groups is 1. The number of hydrogen-bond donors (Lipinski definition) is 1. The van der Waals surface area contributed by atoms with Crippen molar-refractivity contribution in [2.45, 2.75) is 24.8 Å². The third-order valence-electron chi connectivity index (χ3n) is 7.58. The van der Waals surface area contributed by atoms with Crippen LogP contribution in [-0.4, -0.2) is 80.4 Å². The molecule has 0 bridgehead atoms. The van der Waals surface area contributed by atoms with Crippen molar-refractivity contribution in [2.24, 2.45) is 0 Å². The number of benzene rings is 3. The number of hydrogen-bond acceptors (Lipinski definition) is 7. The van der Waals surface area contributed by atoms with Crippen LogP contribution >= 0.6 is 11.6 Å². The molecule has 0 aliphatic carbocycles. The highest BCUT2D eigenvalue weighted by Gasteiger charge is 2.39. The number of likely N-dealkylation sites (N-methyl/N-ethyl adjacent to an activating group) is 1. The number of piperazine rings is 1. The topological polar surface area (TPSA) is 108 Å². The zero-order chi connectivity index (χ0) is 31.3. The van der Waals surface area contributed by atoms with E-state index < -0.39 is 22.0 Å². The predicted molar refractivity (Wildman–Crippen MR) is 167 cm³/mol. The molecular weight excluding hydrogens is 604 g/mol. The maximum Gasteiger partial charge on any atom is 0.338 e. The number of carbonyl (C=O) groups is 2. The molecule has 2 aliphatic heterocycles. The molecule has 0 radical (unpaired) electrons. The summed E-state index contributed by atoms with van der Waals surface area (Å²) in [7, 11) is -3.69. The van der Waals surface area contributed by atoms with Gasteiger partial charge in [-0.3, -0.25) is 9.80 Å². The zero-order valence-electron chi connectivity index (χ0n) is 24.6. The van der Waals surface area contributed by atoms with Gasteiger partial charge in [0.1, 0.15) is 11.5 Å². The number of amides is 2. The first-order valence-corrected chi connectivity index (χ1v) is 16.3. The highest BCUT2D eigenvalue weighted by atomic mass is 35.5. The van der Waals surface area contributed by atoms with E-state index in [0.29, 0.717) is 53.0 Å². The predicted octanol–water partition coefficient (Wildman–Crippen LogP) is 5.04. The van der Waals surface area contributed by atoms with Crippen molar-refractivity contribution < 1.29 is 27.5 Å². The van der Waals surface area contributed by atoms with E-state index in [2.05, 4.69) is 10.2 Å². The smallest absolute Gasteiger partial charge is 0.338 e. The Hall–Kier alpha value is -3.90. The van der Waals surface area contributed by atoms with Crippen LogP contribution in [0.25, 0.3) is 0 Å². The van der Waals surface area contributed by atoms with Gasteiger partial charge in [0.25, 0.3) is 0 Å². The summed E-state index contributed by atoms with van der Waals surface area (Å²) in [5, 5.41) is 3.45. The van der Waals surface area contributed by atoms with Crippen molar-refractivity contribution in [1.82, 2.24) is 19.4 Å². The molecule has 1 fully saturated rings. The normalized spacial score (nSPS) is 18.2. The van der Waals surface area contributed by atoms with Crippen molar-refractivity contribution in [1.29, 1.82) is 0 Å². The number of para-hydroxylation sites is 1. The number of esters is 1. The third kappa shape index (κ3) is 6.91. The summed E-state index contributed by atoms with van der Waals surface area (Å²) < 4.78 is 39.4. The van der Waals surface area contributed by atoms with Gasteiger partial charge in [-0.25, -0.2) is 18.0 Å². The SMILES string of the molecule is CCOC(=O)C1=C(CN2CCN(S(=O)(=O)c3ccc(Cl)cc3)CC2)N(CC)C(=O)NC1c1cccc(Oc2ccccc2)c1. The molecule has 0 aromatic heterocycles. The summed E-state index contributed by atoms with van der Waals surface area (Å²) in [5.41, 5.74) is 1.53. The maximum absolute atomic E-state index is 13.5. The molecule has 5 rings (SSSR count). The second-order valence-corrected chi connectivity index (χ2v) is 12.7. The van der Waals surface area contributed by atoms with Crippen LogP contribution in [0.5, 0.6) is 11.5 Å². The van der Waals surface area contributed by atoms with Crippen LogP contribution < -0.4 is 10.1 Å². The van der Waals surface area contributed by atoms with Crippen LogP contribution in [0.2, 0.25) is 5.02 Å². The zero-order valence-corrected chi connectivity index (χ0v) is 26.2. The Morgan fingerprint density at radius 3 is 2.27 bits per heavy atom. The lowest BCUT2D eigenvalue weighted by molar-refractivity contribution is -0.139. The Labute approximate surface area is 262 Å². The summed E-state index contributed by atoms with van der Waals surface area (Å²) in [6, 6.07) is 21.6. The minimum absolute atomic E-state index is 0.167. The molecule has 2 aliphatic rings. The monoisotopic (exact) mass is 638 g/mol. The van der Waals surface area contributed by atoms with Crippen LogP contribution in [0, 0.1) is 0 Å². The first-order valence-electron chi connectivity index (χ1n) is 14.5. The molecule has 2 heterocycles. The molecule has 10 nitrogen and oxygen atoms in total. The molecule has 44 heavy (non-hydrogen) atoms. The number of nitrogens with zero attached hydrogens (tertiary/aromatic N) is 3. The van der Waals surface area contributed by atoms with Crippen LogP contribution in [0.4, 0.5) is 4.79 Å². The molecule has 0 saturated carbocycles. The molecule has 3 aromatic carbocycles. The highest BCUT2D eigenvalue weighted by molar-refractivity contribution is 7.89. The van der Waals surface area contributed by atoms with E-state index in [9.17, 15) is 18.0 Å². The van der Waals surface area contributed by atoms with E-state index in [0.717, 1.165) is 0 Å². The first-order chi connectivity index (χ1) is 21.2. The second-order valence-electron chi connectivity index (χ2n) is 10.3. The third-order valence-corrected chi connectivity index (χ3v) is 9.74. The van der Waals surface area contributed by atoms with Crippen LogP contribution in [-0.2, 0) is 19.6 Å². The fourth-order valence-corrected chi connectivity index (χ4v) is 6.93. The summed E-state index contributed by atoms with van der Waals surface area (Å²) in [5.74, 6) is 0.696. The van der Waals surface area contributed by atoms with Gasteiger partial charge in [0.05, 0.1) is 23.1 Å². The Morgan fingerprint density at radius 2 is 1.61 bits per heavy atom. The van der Waals surface area contributed by atoms with Crippen LogP contribution in [0.3, 0.4) is 0 Å². The molecule has 2 amide bonds. The van der Waals surface area contributed by atoms with Gasteiger partial charge < -0.3 is 14.8 Å². The molecule has 1 saturated heterocycles. The van der Waals surface area contributed by atoms with Gasteiger partial charge in [-0.1, -0.05) is 41.9 Å². The van der Waals surface area contributed by atoms with E-state index in [1.807, 2.05) is 55.5 Å². The lowest BCUT2D eigenvalue weighted by Gasteiger charge is -2.40. The van der Waals surface area contributed by atoms with Crippen molar-refractivity contribution in [3.63, 3.8) is 0 Å². The average Bonchev–Trinajstić information content (AvgIpc) is 3.02. The van der Waals surface area contributed by atoms with Crippen LogP contribution in [0.1, 0.15) is 25.5 Å². The molecule has 0 spiro atoms. The van der Waals surface area contributed by atoms with Crippen molar-refractivity contribution in [2.75, 3.05) is 45.9 Å². The fraction of sp³-hybridized carbons (Fsp3) is 0.312.